The highest BCUT2D eigenvalue weighted by Gasteiger charge is 2.68. The molecule has 2 saturated heterocycles. The molecular formula is C21H21FN4O5S. The monoisotopic (exact) mass is 460 g/mol. The van der Waals surface area contributed by atoms with Gasteiger partial charge in [0.1, 0.15) is 5.82 Å². The molecule has 0 radical (unpaired) electrons. The summed E-state index contributed by atoms with van der Waals surface area (Å²) in [7, 11) is -4.19. The lowest BCUT2D eigenvalue weighted by atomic mass is 9.89. The Bertz CT molecular complexity index is 1170. The lowest BCUT2D eigenvalue weighted by Gasteiger charge is -2.34. The number of hydrogen-bond donors (Lipinski definition) is 1. The van der Waals surface area contributed by atoms with Crippen LogP contribution >= 0.6 is 0 Å². The van der Waals surface area contributed by atoms with Crippen LogP contribution in [0.3, 0.4) is 0 Å². The quantitative estimate of drug-likeness (QED) is 0.615. The fourth-order valence-electron chi connectivity index (χ4n) is 4.54. The number of sulfonamides is 1. The van der Waals surface area contributed by atoms with E-state index in [0.717, 1.165) is 9.21 Å². The maximum atomic E-state index is 13.1. The Labute approximate surface area is 184 Å². The third-order valence-corrected chi connectivity index (χ3v) is 7.81. The molecule has 2 unspecified atom stereocenters. The number of rotatable bonds is 6. The third-order valence-electron chi connectivity index (χ3n) is 6.03. The zero-order chi connectivity index (χ0) is 23.1. The van der Waals surface area contributed by atoms with E-state index >= 15 is 0 Å². The second-order valence-electron chi connectivity index (χ2n) is 7.75. The SMILES string of the molecule is NC(=O)C12C(=O)CN(S(=O)(=O)c3ccccn3)C1CCN2C(=O)CCc1ccc(F)cc1. The average Bonchev–Trinajstić information content (AvgIpc) is 3.31. The van der Waals surface area contributed by atoms with Crippen molar-refractivity contribution >= 4 is 27.6 Å². The van der Waals surface area contributed by atoms with Gasteiger partial charge in [0, 0.05) is 19.2 Å². The van der Waals surface area contributed by atoms with Gasteiger partial charge in [-0.25, -0.2) is 17.8 Å². The summed E-state index contributed by atoms with van der Waals surface area (Å²) < 4.78 is 40.3. The zero-order valence-electron chi connectivity index (χ0n) is 17.0. The van der Waals surface area contributed by atoms with Crippen LogP contribution in [0, 0.1) is 5.82 Å². The largest absolute Gasteiger partial charge is 0.367 e. The van der Waals surface area contributed by atoms with Gasteiger partial charge in [0.2, 0.25) is 5.91 Å². The minimum absolute atomic E-state index is 0.00976. The number of benzene rings is 1. The first-order valence-corrected chi connectivity index (χ1v) is 11.4. The number of fused-ring (bicyclic) bond motifs is 1. The predicted molar refractivity (Wildman–Crippen MR) is 110 cm³/mol. The first kappa shape index (κ1) is 22.0. The number of nitrogens with zero attached hydrogens (tertiary/aromatic N) is 3. The number of hydrogen-bond acceptors (Lipinski definition) is 6. The lowest BCUT2D eigenvalue weighted by molar-refractivity contribution is -0.149. The first-order chi connectivity index (χ1) is 15.2. The van der Waals surface area contributed by atoms with Crippen molar-refractivity contribution in [2.24, 2.45) is 5.73 Å². The van der Waals surface area contributed by atoms with Gasteiger partial charge in [-0.05, 0) is 42.7 Å². The fraction of sp³-hybridized carbons (Fsp3) is 0.333. The van der Waals surface area contributed by atoms with Crippen molar-refractivity contribution in [2.45, 2.75) is 35.9 Å². The molecule has 2 atom stereocenters. The molecule has 1 aromatic carbocycles. The zero-order valence-corrected chi connectivity index (χ0v) is 17.8. The van der Waals surface area contributed by atoms with E-state index in [1.54, 1.807) is 18.2 Å². The van der Waals surface area contributed by atoms with Gasteiger partial charge in [0.15, 0.2) is 16.3 Å². The number of halogens is 1. The summed E-state index contributed by atoms with van der Waals surface area (Å²) in [6.07, 6.45) is 1.61. The first-order valence-electron chi connectivity index (χ1n) is 10.00. The number of carbonyl (C=O) groups is 3. The molecular weight excluding hydrogens is 439 g/mol. The molecule has 2 aliphatic rings. The Hall–Kier alpha value is -3.18. The van der Waals surface area contributed by atoms with Crippen LogP contribution in [0.25, 0.3) is 0 Å². The van der Waals surface area contributed by atoms with Crippen LogP contribution in [0.4, 0.5) is 4.39 Å². The Morgan fingerprint density at radius 1 is 1.19 bits per heavy atom. The Kier molecular flexibility index (Phi) is 5.55. The number of aromatic nitrogens is 1. The van der Waals surface area contributed by atoms with Crippen molar-refractivity contribution in [1.82, 2.24) is 14.2 Å². The van der Waals surface area contributed by atoms with Gasteiger partial charge >= 0.3 is 0 Å². The van der Waals surface area contributed by atoms with E-state index < -0.39 is 51.6 Å². The highest BCUT2D eigenvalue weighted by molar-refractivity contribution is 7.89. The van der Waals surface area contributed by atoms with Crippen molar-refractivity contribution < 1.29 is 27.2 Å². The number of nitrogens with two attached hydrogens (primary N) is 1. The van der Waals surface area contributed by atoms with Crippen molar-refractivity contribution in [1.29, 1.82) is 0 Å². The molecule has 0 saturated carbocycles. The minimum atomic E-state index is -4.19. The lowest BCUT2D eigenvalue weighted by Crippen LogP contribution is -2.64. The summed E-state index contributed by atoms with van der Waals surface area (Å²) >= 11 is 0. The Morgan fingerprint density at radius 2 is 1.91 bits per heavy atom. The number of aryl methyl sites for hydroxylation is 1. The van der Waals surface area contributed by atoms with Crippen molar-refractivity contribution in [2.75, 3.05) is 13.1 Å². The van der Waals surface area contributed by atoms with Gasteiger partial charge in [-0.1, -0.05) is 18.2 Å². The predicted octanol–water partition coefficient (Wildman–Crippen LogP) is 0.252. The van der Waals surface area contributed by atoms with E-state index in [9.17, 15) is 27.2 Å². The summed E-state index contributed by atoms with van der Waals surface area (Å²) in [6, 6.07) is 8.88. The normalized spacial score (nSPS) is 23.3. The number of amides is 2. The fourth-order valence-corrected chi connectivity index (χ4v) is 6.11. The molecule has 2 fully saturated rings. The Morgan fingerprint density at radius 3 is 2.53 bits per heavy atom. The van der Waals surface area contributed by atoms with E-state index in [-0.39, 0.29) is 30.8 Å². The summed E-state index contributed by atoms with van der Waals surface area (Å²) in [4.78, 5) is 43.6. The minimum Gasteiger partial charge on any atom is -0.367 e. The van der Waals surface area contributed by atoms with E-state index in [1.807, 2.05) is 0 Å². The molecule has 4 rings (SSSR count). The van der Waals surface area contributed by atoms with Gasteiger partial charge in [-0.2, -0.15) is 4.31 Å². The van der Waals surface area contributed by atoms with Crippen LogP contribution < -0.4 is 5.73 Å². The second kappa shape index (κ2) is 8.06. The maximum absolute atomic E-state index is 13.1. The van der Waals surface area contributed by atoms with E-state index in [1.165, 1.54) is 30.5 Å². The van der Waals surface area contributed by atoms with Crippen molar-refractivity contribution in [3.8, 4) is 0 Å². The number of ketones is 1. The average molecular weight is 460 g/mol. The standard InChI is InChI=1S/C21H21FN4O5S/c22-15-7-4-14(5-8-15)6-9-19(28)25-12-10-16-21(25,20(23)29)17(27)13-26(16)32(30,31)18-3-1-2-11-24-18/h1-5,7-8,11,16H,6,9-10,12-13H2,(H2,23,29). The smallest absolute Gasteiger partial charge is 0.261 e. The van der Waals surface area contributed by atoms with Crippen molar-refractivity contribution in [3.63, 3.8) is 0 Å². The van der Waals surface area contributed by atoms with Gasteiger partial charge in [0.05, 0.1) is 12.6 Å². The number of pyridine rings is 1. The van der Waals surface area contributed by atoms with Crippen LogP contribution in [0.2, 0.25) is 0 Å². The Balaban J connectivity index is 1.62. The highest BCUT2D eigenvalue weighted by Crippen LogP contribution is 2.42. The van der Waals surface area contributed by atoms with E-state index in [0.29, 0.717) is 5.56 Å². The maximum Gasteiger partial charge on any atom is 0.261 e. The van der Waals surface area contributed by atoms with Crippen LogP contribution in [-0.4, -0.2) is 64.9 Å². The topological polar surface area (TPSA) is 131 Å². The molecule has 32 heavy (non-hydrogen) atoms. The summed E-state index contributed by atoms with van der Waals surface area (Å²) in [5.41, 5.74) is 4.28. The second-order valence-corrected chi connectivity index (χ2v) is 9.59. The molecule has 168 valence electrons. The highest BCUT2D eigenvalue weighted by atomic mass is 32.2. The van der Waals surface area contributed by atoms with Crippen molar-refractivity contribution in [3.05, 3.63) is 60.0 Å². The molecule has 2 amide bonds. The van der Waals surface area contributed by atoms with Gasteiger partial charge < -0.3 is 10.6 Å². The van der Waals surface area contributed by atoms with Crippen LogP contribution in [0.1, 0.15) is 18.4 Å². The molecule has 9 nitrogen and oxygen atoms in total. The number of carbonyl (C=O) groups excluding carboxylic acids is 3. The molecule has 0 aliphatic carbocycles. The number of likely N-dealkylation sites (tertiary alicyclic amines) is 1. The number of primary amides is 1. The van der Waals surface area contributed by atoms with E-state index in [4.69, 9.17) is 5.73 Å². The number of Topliss-reactive ketones (excluding diaryl/α,β-unsaturated/α-hetero) is 1. The van der Waals surface area contributed by atoms with Gasteiger partial charge in [0.25, 0.3) is 15.9 Å². The molecule has 2 N–H and O–H groups in total. The van der Waals surface area contributed by atoms with Crippen LogP contribution in [0.5, 0.6) is 0 Å². The van der Waals surface area contributed by atoms with Crippen LogP contribution in [-0.2, 0) is 30.8 Å². The molecule has 3 heterocycles. The molecule has 0 bridgehead atoms. The molecule has 2 aliphatic heterocycles. The molecule has 11 heteroatoms. The summed E-state index contributed by atoms with van der Waals surface area (Å²) in [5, 5.41) is -0.255. The van der Waals surface area contributed by atoms with E-state index in [2.05, 4.69) is 4.98 Å². The molecule has 0 spiro atoms. The molecule has 1 aromatic heterocycles. The molecule has 2 aromatic rings. The summed E-state index contributed by atoms with van der Waals surface area (Å²) in [5.74, 6) is -2.69. The van der Waals surface area contributed by atoms with Gasteiger partial charge in [-0.15, -0.1) is 0 Å². The summed E-state index contributed by atoms with van der Waals surface area (Å²) in [6.45, 7) is -0.565. The third kappa shape index (κ3) is 3.37. The van der Waals surface area contributed by atoms with Crippen LogP contribution in [0.15, 0.2) is 53.7 Å². The van der Waals surface area contributed by atoms with Gasteiger partial charge in [-0.3, -0.25) is 14.4 Å².